The monoisotopic (exact) mass is 743 g/mol. The van der Waals surface area contributed by atoms with E-state index in [0.717, 1.165) is 50.6 Å². The molecule has 2 heterocycles. The van der Waals surface area contributed by atoms with Crippen LogP contribution in [0.4, 0.5) is 5.69 Å². The molecule has 0 bridgehead atoms. The van der Waals surface area contributed by atoms with Crippen LogP contribution < -0.4 is 11.1 Å². The lowest BCUT2D eigenvalue weighted by molar-refractivity contribution is -0.149. The summed E-state index contributed by atoms with van der Waals surface area (Å²) in [5.41, 5.74) is 7.70. The number of ether oxygens (including phenoxy) is 2. The number of hydrogen-bond acceptors (Lipinski definition) is 8. The predicted octanol–water partition coefficient (Wildman–Crippen LogP) is 4.21. The van der Waals surface area contributed by atoms with Crippen LogP contribution in [0.1, 0.15) is 91.5 Å². The number of piperidine rings is 1. The molecule has 0 aliphatic carbocycles. The molecule has 12 heteroatoms. The van der Waals surface area contributed by atoms with Crippen molar-refractivity contribution in [1.82, 2.24) is 24.9 Å². The van der Waals surface area contributed by atoms with Gasteiger partial charge in [-0.3, -0.25) is 19.2 Å². The molecule has 1 aromatic carbocycles. The minimum Gasteiger partial charge on any atom is -0.399 e. The van der Waals surface area contributed by atoms with Gasteiger partial charge in [0.2, 0.25) is 23.6 Å². The van der Waals surface area contributed by atoms with Crippen LogP contribution in [-0.4, -0.2) is 135 Å². The molecule has 8 atom stereocenters. The summed E-state index contributed by atoms with van der Waals surface area (Å²) in [5.74, 6) is -1.01. The predicted molar refractivity (Wildman–Crippen MR) is 210 cm³/mol. The van der Waals surface area contributed by atoms with Crippen LogP contribution in [0.3, 0.4) is 0 Å². The van der Waals surface area contributed by atoms with E-state index >= 15 is 0 Å². The lowest BCUT2D eigenvalue weighted by atomic mass is 9.89. The minimum absolute atomic E-state index is 0.0164. The fourth-order valence-electron chi connectivity index (χ4n) is 8.38. The van der Waals surface area contributed by atoms with Crippen LogP contribution in [0.25, 0.3) is 0 Å². The minimum atomic E-state index is -0.699. The van der Waals surface area contributed by atoms with Crippen molar-refractivity contribution >= 4 is 29.3 Å². The van der Waals surface area contributed by atoms with Gasteiger partial charge in [-0.15, -0.1) is 0 Å². The molecule has 0 spiro atoms. The molecule has 0 aromatic heterocycles. The van der Waals surface area contributed by atoms with Gasteiger partial charge in [0.05, 0.1) is 36.6 Å². The number of nitrogens with two attached hydrogens (primary N) is 1. The van der Waals surface area contributed by atoms with E-state index < -0.39 is 30.2 Å². The highest BCUT2D eigenvalue weighted by molar-refractivity contribution is 5.88. The Kier molecular flexibility index (Phi) is 17.5. The number of nitrogens with zero attached hydrogens (tertiary/aromatic N) is 4. The van der Waals surface area contributed by atoms with Crippen molar-refractivity contribution < 1.29 is 28.7 Å². The number of anilines is 1. The van der Waals surface area contributed by atoms with E-state index in [4.69, 9.17) is 15.2 Å². The van der Waals surface area contributed by atoms with E-state index in [0.29, 0.717) is 31.6 Å². The summed E-state index contributed by atoms with van der Waals surface area (Å²) in [6.07, 6.45) is 5.59. The summed E-state index contributed by atoms with van der Waals surface area (Å²) in [5, 5.41) is 3.07. The van der Waals surface area contributed by atoms with Gasteiger partial charge in [0.15, 0.2) is 0 Å². The second kappa shape index (κ2) is 21.0. The van der Waals surface area contributed by atoms with Gasteiger partial charge in [0, 0.05) is 59.6 Å². The Labute approximate surface area is 319 Å². The van der Waals surface area contributed by atoms with E-state index in [1.807, 2.05) is 49.9 Å². The number of carbonyl (C=O) groups is 4. The van der Waals surface area contributed by atoms with Gasteiger partial charge in [-0.05, 0) is 75.2 Å². The Bertz CT molecular complexity index is 1340. The fraction of sp³-hybridized carbons (Fsp3) is 0.756. The average molecular weight is 743 g/mol. The maximum atomic E-state index is 14.2. The molecule has 3 N–H and O–H groups in total. The summed E-state index contributed by atoms with van der Waals surface area (Å²) in [4.78, 5) is 62.8. The average Bonchev–Trinajstić information content (AvgIpc) is 3.62. The molecule has 1 aromatic rings. The molecule has 0 unspecified atom stereocenters. The molecule has 4 amide bonds. The molecule has 2 aliphatic rings. The van der Waals surface area contributed by atoms with Crippen LogP contribution in [-0.2, 0) is 35.1 Å². The number of carbonyl (C=O) groups excluding carboxylic acids is 4. The number of amides is 4. The van der Waals surface area contributed by atoms with Crippen molar-refractivity contribution in [3.05, 3.63) is 29.8 Å². The molecule has 0 saturated carbocycles. The van der Waals surface area contributed by atoms with Crippen LogP contribution >= 0.6 is 0 Å². The normalized spacial score (nSPS) is 21.4. The third-order valence-corrected chi connectivity index (χ3v) is 11.9. The van der Waals surface area contributed by atoms with Gasteiger partial charge in [0.25, 0.3) is 0 Å². The van der Waals surface area contributed by atoms with Crippen molar-refractivity contribution in [2.45, 2.75) is 129 Å². The van der Waals surface area contributed by atoms with Gasteiger partial charge in [-0.1, -0.05) is 59.6 Å². The van der Waals surface area contributed by atoms with Crippen molar-refractivity contribution in [2.24, 2.45) is 17.8 Å². The first-order valence-electron chi connectivity index (χ1n) is 19.9. The zero-order chi connectivity index (χ0) is 39.4. The van der Waals surface area contributed by atoms with Crippen molar-refractivity contribution in [2.75, 3.05) is 60.7 Å². The van der Waals surface area contributed by atoms with E-state index in [2.05, 4.69) is 31.1 Å². The Morgan fingerprint density at radius 3 is 2.30 bits per heavy atom. The first kappa shape index (κ1) is 44.2. The molecule has 53 heavy (non-hydrogen) atoms. The maximum absolute atomic E-state index is 14.2. The molecular formula is C41H70N6O6. The summed E-state index contributed by atoms with van der Waals surface area (Å²) >= 11 is 0. The molecule has 300 valence electrons. The second-order valence-corrected chi connectivity index (χ2v) is 16.0. The number of benzene rings is 1. The van der Waals surface area contributed by atoms with E-state index in [9.17, 15) is 19.2 Å². The highest BCUT2D eigenvalue weighted by Crippen LogP contribution is 2.30. The van der Waals surface area contributed by atoms with E-state index in [1.165, 1.54) is 0 Å². The van der Waals surface area contributed by atoms with Crippen molar-refractivity contribution in [3.8, 4) is 0 Å². The Morgan fingerprint density at radius 2 is 1.70 bits per heavy atom. The second-order valence-electron chi connectivity index (χ2n) is 16.0. The number of rotatable bonds is 19. The fourth-order valence-corrected chi connectivity index (χ4v) is 8.38. The third-order valence-electron chi connectivity index (χ3n) is 11.9. The zero-order valence-electron chi connectivity index (χ0n) is 34.3. The summed E-state index contributed by atoms with van der Waals surface area (Å²) in [6, 6.07) is 6.49. The van der Waals surface area contributed by atoms with Gasteiger partial charge in [-0.25, -0.2) is 0 Å². The first-order chi connectivity index (χ1) is 25.1. The SMILES string of the molecule is CC[C@H](C)[C@@H]([C@@H](CC(=O)N1CCC[C@H]1[C@H](OC)[C@@H](C)C(=O)N(C)CCc1cccc(N)c1)OC)N(C)C(=O)[C@@H](NC(=O)C[C@H]1CCCCN1C)C(C)C. The van der Waals surface area contributed by atoms with E-state index in [-0.39, 0.29) is 54.0 Å². The highest BCUT2D eigenvalue weighted by Gasteiger charge is 2.43. The molecular weight excluding hydrogens is 672 g/mol. The van der Waals surface area contributed by atoms with Gasteiger partial charge in [0.1, 0.15) is 6.04 Å². The summed E-state index contributed by atoms with van der Waals surface area (Å²) in [7, 11) is 8.83. The number of likely N-dealkylation sites (tertiary alicyclic amines) is 2. The number of methoxy groups -OCH3 is 2. The van der Waals surface area contributed by atoms with Crippen LogP contribution in [0, 0.1) is 17.8 Å². The van der Waals surface area contributed by atoms with Crippen LogP contribution in [0.2, 0.25) is 0 Å². The lowest BCUT2D eigenvalue weighted by Crippen LogP contribution is -2.58. The molecule has 0 radical (unpaired) electrons. The van der Waals surface area contributed by atoms with Crippen LogP contribution in [0.15, 0.2) is 24.3 Å². The topological polar surface area (TPSA) is 138 Å². The zero-order valence-corrected chi connectivity index (χ0v) is 34.3. The maximum Gasteiger partial charge on any atom is 0.245 e. The number of nitrogens with one attached hydrogen (secondary N) is 1. The summed E-state index contributed by atoms with van der Waals surface area (Å²) in [6.45, 7) is 12.0. The van der Waals surface area contributed by atoms with Gasteiger partial charge in [-0.2, -0.15) is 0 Å². The quantitative estimate of drug-likeness (QED) is 0.201. The number of likely N-dealkylation sites (N-methyl/N-ethyl adjacent to an activating group) is 2. The molecule has 12 nitrogen and oxygen atoms in total. The largest absolute Gasteiger partial charge is 0.399 e. The first-order valence-corrected chi connectivity index (χ1v) is 19.9. The molecule has 3 rings (SSSR count). The molecule has 2 saturated heterocycles. The Hall–Kier alpha value is -3.22. The Balaban J connectivity index is 1.71. The van der Waals surface area contributed by atoms with Crippen molar-refractivity contribution in [3.63, 3.8) is 0 Å². The smallest absolute Gasteiger partial charge is 0.245 e. The third kappa shape index (κ3) is 11.9. The number of hydrogen-bond donors (Lipinski definition) is 2. The summed E-state index contributed by atoms with van der Waals surface area (Å²) < 4.78 is 12.0. The van der Waals surface area contributed by atoms with E-state index in [1.54, 1.807) is 38.1 Å². The van der Waals surface area contributed by atoms with Gasteiger partial charge < -0.3 is 40.1 Å². The van der Waals surface area contributed by atoms with Crippen LogP contribution in [0.5, 0.6) is 0 Å². The lowest BCUT2D eigenvalue weighted by Gasteiger charge is -2.41. The standard InChI is InChI=1S/C41H70N6O6/c1-11-28(4)38(46(8)41(51)37(27(2)3)43-35(48)25-32-18-12-13-21-44(32)6)34(52-9)26-36(49)47-22-15-19-33(47)39(53-10)29(5)40(50)45(7)23-20-30-16-14-17-31(42)24-30/h14,16-17,24,27-29,32-34,37-39H,11-13,15,18-23,25-26,42H2,1-10H3,(H,43,48)/t28-,29+,32+,33-,34+,37-,38-,39+/m0/s1. The Morgan fingerprint density at radius 1 is 0.981 bits per heavy atom. The number of nitrogen functional groups attached to an aromatic ring is 1. The molecule has 2 fully saturated rings. The molecule has 2 aliphatic heterocycles. The highest BCUT2D eigenvalue weighted by atomic mass is 16.5. The van der Waals surface area contributed by atoms with Crippen molar-refractivity contribution in [1.29, 1.82) is 0 Å². The van der Waals surface area contributed by atoms with Gasteiger partial charge >= 0.3 is 0 Å².